The molecule has 1 aliphatic carbocycles. The Morgan fingerprint density at radius 1 is 1.50 bits per heavy atom. The lowest BCUT2D eigenvalue weighted by Gasteiger charge is -2.45. The van der Waals surface area contributed by atoms with Crippen molar-refractivity contribution in [3.8, 4) is 0 Å². The maximum atomic E-state index is 5.35. The van der Waals surface area contributed by atoms with Gasteiger partial charge in [-0.15, -0.1) is 0 Å². The van der Waals surface area contributed by atoms with Gasteiger partial charge in [0, 0.05) is 30.7 Å². The predicted octanol–water partition coefficient (Wildman–Crippen LogP) is 2.09. The van der Waals surface area contributed by atoms with Crippen molar-refractivity contribution in [2.75, 3.05) is 13.1 Å². The number of piperazine rings is 1. The molecule has 1 atom stereocenters. The van der Waals surface area contributed by atoms with Crippen molar-refractivity contribution in [2.45, 2.75) is 57.7 Å². The zero-order valence-corrected chi connectivity index (χ0v) is 11.4. The molecule has 2 fully saturated rings. The summed E-state index contributed by atoms with van der Waals surface area (Å²) < 4.78 is 5.35. The second-order valence-electron chi connectivity index (χ2n) is 6.06. The zero-order chi connectivity index (χ0) is 12.6. The van der Waals surface area contributed by atoms with Gasteiger partial charge in [-0.2, -0.15) is 0 Å². The summed E-state index contributed by atoms with van der Waals surface area (Å²) in [7, 11) is 0. The second kappa shape index (κ2) is 4.67. The minimum absolute atomic E-state index is 0.377. The lowest BCUT2D eigenvalue weighted by atomic mass is 9.92. The molecule has 1 N–H and O–H groups in total. The van der Waals surface area contributed by atoms with Crippen LogP contribution in [0.3, 0.4) is 0 Å². The largest absolute Gasteiger partial charge is 0.360 e. The van der Waals surface area contributed by atoms with Gasteiger partial charge in [0.05, 0.1) is 12.2 Å². The van der Waals surface area contributed by atoms with E-state index in [0.717, 1.165) is 31.1 Å². The van der Waals surface area contributed by atoms with E-state index in [1.165, 1.54) is 25.7 Å². The lowest BCUT2D eigenvalue weighted by molar-refractivity contribution is 0.0746. The number of aromatic nitrogens is 1. The van der Waals surface area contributed by atoms with Gasteiger partial charge in [0.25, 0.3) is 0 Å². The van der Waals surface area contributed by atoms with Gasteiger partial charge in [0.1, 0.15) is 0 Å². The van der Waals surface area contributed by atoms with E-state index in [1.807, 2.05) is 6.92 Å². The molecule has 1 aromatic rings. The van der Waals surface area contributed by atoms with Gasteiger partial charge < -0.3 is 9.84 Å². The highest BCUT2D eigenvalue weighted by molar-refractivity contribution is 5.06. The van der Waals surface area contributed by atoms with E-state index in [1.54, 1.807) is 0 Å². The molecule has 18 heavy (non-hydrogen) atoms. The summed E-state index contributed by atoms with van der Waals surface area (Å²) in [5, 5.41) is 7.76. The van der Waals surface area contributed by atoms with Gasteiger partial charge in [0.15, 0.2) is 5.76 Å². The highest BCUT2D eigenvalue weighted by Gasteiger charge is 2.39. The van der Waals surface area contributed by atoms with Gasteiger partial charge in [-0.1, -0.05) is 18.0 Å². The van der Waals surface area contributed by atoms with E-state index in [2.05, 4.69) is 28.4 Å². The van der Waals surface area contributed by atoms with Crippen molar-refractivity contribution in [2.24, 2.45) is 0 Å². The topological polar surface area (TPSA) is 41.3 Å². The number of rotatable bonds is 2. The molecule has 2 aliphatic rings. The molecule has 1 spiro atoms. The molecule has 1 saturated carbocycles. The highest BCUT2D eigenvalue weighted by atomic mass is 16.5. The second-order valence-corrected chi connectivity index (χ2v) is 6.06. The molecule has 1 aromatic heterocycles. The molecular weight excluding hydrogens is 226 g/mol. The number of hydrogen-bond donors (Lipinski definition) is 1. The number of aryl methyl sites for hydroxylation is 1. The average molecular weight is 249 g/mol. The minimum atomic E-state index is 0.377. The summed E-state index contributed by atoms with van der Waals surface area (Å²) in [6.07, 6.45) is 5.39. The van der Waals surface area contributed by atoms with Crippen LogP contribution in [0.15, 0.2) is 10.6 Å². The molecular formula is C14H23N3O. The first-order valence-corrected chi connectivity index (χ1v) is 7.08. The Labute approximate surface area is 109 Å². The van der Waals surface area contributed by atoms with Crippen molar-refractivity contribution in [1.29, 1.82) is 0 Å². The summed E-state index contributed by atoms with van der Waals surface area (Å²) in [6.45, 7) is 7.40. The van der Waals surface area contributed by atoms with Crippen molar-refractivity contribution in [1.82, 2.24) is 15.4 Å². The van der Waals surface area contributed by atoms with Crippen LogP contribution in [0.2, 0.25) is 0 Å². The van der Waals surface area contributed by atoms with Gasteiger partial charge in [0.2, 0.25) is 0 Å². The first-order chi connectivity index (χ1) is 8.67. The molecule has 4 nitrogen and oxygen atoms in total. The quantitative estimate of drug-likeness (QED) is 0.871. The Kier molecular flexibility index (Phi) is 3.16. The van der Waals surface area contributed by atoms with Crippen LogP contribution in [-0.2, 0) is 6.54 Å². The fourth-order valence-corrected chi connectivity index (χ4v) is 3.38. The Morgan fingerprint density at radius 3 is 2.94 bits per heavy atom. The average Bonchev–Trinajstić information content (AvgIpc) is 2.95. The summed E-state index contributed by atoms with van der Waals surface area (Å²) in [4.78, 5) is 2.54. The normalized spacial score (nSPS) is 28.0. The smallest absolute Gasteiger partial charge is 0.150 e. The van der Waals surface area contributed by atoms with Crippen LogP contribution >= 0.6 is 0 Å². The van der Waals surface area contributed by atoms with Gasteiger partial charge in [-0.25, -0.2) is 0 Å². The molecule has 0 amide bonds. The van der Waals surface area contributed by atoms with Gasteiger partial charge in [-0.3, -0.25) is 4.90 Å². The van der Waals surface area contributed by atoms with Crippen LogP contribution in [0.1, 0.15) is 44.1 Å². The molecule has 3 rings (SSSR count). The number of hydrogen-bond acceptors (Lipinski definition) is 4. The fourth-order valence-electron chi connectivity index (χ4n) is 3.38. The van der Waals surface area contributed by atoms with Crippen LogP contribution in [0.4, 0.5) is 0 Å². The summed E-state index contributed by atoms with van der Waals surface area (Å²) in [6, 6.07) is 2.62. The summed E-state index contributed by atoms with van der Waals surface area (Å²) >= 11 is 0. The third-order valence-corrected chi connectivity index (χ3v) is 4.50. The Morgan fingerprint density at radius 2 is 2.28 bits per heavy atom. The first kappa shape index (κ1) is 12.2. The van der Waals surface area contributed by atoms with Gasteiger partial charge >= 0.3 is 0 Å². The van der Waals surface area contributed by atoms with Crippen molar-refractivity contribution >= 4 is 0 Å². The molecule has 1 saturated heterocycles. The van der Waals surface area contributed by atoms with E-state index < -0.39 is 0 Å². The van der Waals surface area contributed by atoms with Crippen LogP contribution in [-0.4, -0.2) is 34.7 Å². The Hall–Kier alpha value is -0.870. The van der Waals surface area contributed by atoms with E-state index in [0.29, 0.717) is 11.6 Å². The molecule has 0 aromatic carbocycles. The maximum absolute atomic E-state index is 5.35. The monoisotopic (exact) mass is 249 g/mol. The molecule has 1 aliphatic heterocycles. The van der Waals surface area contributed by atoms with E-state index in [-0.39, 0.29) is 0 Å². The fraction of sp³-hybridized carbons (Fsp3) is 0.786. The third-order valence-electron chi connectivity index (χ3n) is 4.50. The van der Waals surface area contributed by atoms with Gasteiger partial charge in [-0.05, 0) is 26.7 Å². The summed E-state index contributed by atoms with van der Waals surface area (Å²) in [5.74, 6) is 0.995. The summed E-state index contributed by atoms with van der Waals surface area (Å²) in [5.41, 5.74) is 1.35. The first-order valence-electron chi connectivity index (χ1n) is 7.08. The lowest BCUT2D eigenvalue weighted by Crippen LogP contribution is -2.61. The molecule has 4 heteroatoms. The number of nitrogens with one attached hydrogen (secondary N) is 1. The van der Waals surface area contributed by atoms with Crippen molar-refractivity contribution < 1.29 is 4.52 Å². The Balaban J connectivity index is 1.69. The van der Waals surface area contributed by atoms with E-state index in [4.69, 9.17) is 4.52 Å². The molecule has 1 unspecified atom stereocenters. The van der Waals surface area contributed by atoms with Crippen LogP contribution < -0.4 is 5.32 Å². The highest BCUT2D eigenvalue weighted by Crippen LogP contribution is 2.33. The maximum Gasteiger partial charge on any atom is 0.150 e. The van der Waals surface area contributed by atoms with Crippen molar-refractivity contribution in [3.63, 3.8) is 0 Å². The minimum Gasteiger partial charge on any atom is -0.360 e. The van der Waals surface area contributed by atoms with E-state index >= 15 is 0 Å². The van der Waals surface area contributed by atoms with Crippen molar-refractivity contribution in [3.05, 3.63) is 17.5 Å². The van der Waals surface area contributed by atoms with E-state index in [9.17, 15) is 0 Å². The third kappa shape index (κ3) is 2.31. The molecule has 100 valence electrons. The molecule has 0 bridgehead atoms. The number of nitrogens with zero attached hydrogens (tertiary/aromatic N) is 2. The van der Waals surface area contributed by atoms with Crippen LogP contribution in [0.5, 0.6) is 0 Å². The molecule has 2 heterocycles. The Bertz CT molecular complexity index is 409. The predicted molar refractivity (Wildman–Crippen MR) is 70.3 cm³/mol. The molecule has 0 radical (unpaired) electrons. The van der Waals surface area contributed by atoms with Crippen LogP contribution in [0, 0.1) is 6.92 Å². The SMILES string of the molecule is Cc1cc(CN2CC3(CCCC3)NCC2C)on1. The van der Waals surface area contributed by atoms with Crippen LogP contribution in [0.25, 0.3) is 0 Å². The standard InChI is InChI=1S/C14H23N3O/c1-11-7-13(18-16-11)9-17-10-14(5-3-4-6-14)15-8-12(17)2/h7,12,15H,3-6,8-10H2,1-2H3. The zero-order valence-electron chi connectivity index (χ0n) is 11.4.